The number of nitrogens with zero attached hydrogens (tertiary/aromatic N) is 4. The Morgan fingerprint density at radius 1 is 1.10 bits per heavy atom. The Labute approximate surface area is 127 Å². The molecule has 0 spiro atoms. The molecule has 0 saturated carbocycles. The number of aliphatic hydroxyl groups excluding tert-OH is 1. The molecule has 1 unspecified atom stereocenters. The molecule has 1 aromatic rings. The molecule has 0 aliphatic heterocycles. The summed E-state index contributed by atoms with van der Waals surface area (Å²) in [5, 5.41) is 15.5. The van der Waals surface area contributed by atoms with Gasteiger partial charge in [0, 0.05) is 33.8 Å². The van der Waals surface area contributed by atoms with E-state index in [1.807, 2.05) is 19.0 Å². The van der Waals surface area contributed by atoms with Gasteiger partial charge in [0.25, 0.3) is 0 Å². The van der Waals surface area contributed by atoms with E-state index in [9.17, 15) is 0 Å². The van der Waals surface area contributed by atoms with Crippen LogP contribution in [0.3, 0.4) is 0 Å². The molecular weight excluding hydrogens is 268 g/mol. The van der Waals surface area contributed by atoms with Gasteiger partial charge in [0.15, 0.2) is 0 Å². The molecule has 7 nitrogen and oxygen atoms in total. The molecule has 1 rings (SSSR count). The summed E-state index contributed by atoms with van der Waals surface area (Å²) >= 11 is 0. The van der Waals surface area contributed by atoms with Crippen LogP contribution in [0.4, 0.5) is 17.8 Å². The van der Waals surface area contributed by atoms with E-state index in [1.165, 1.54) is 0 Å². The predicted molar refractivity (Wildman–Crippen MR) is 86.9 cm³/mol. The number of hydrogen-bond donors (Lipinski definition) is 3. The summed E-state index contributed by atoms with van der Waals surface area (Å²) < 4.78 is 0. The molecule has 120 valence electrons. The maximum atomic E-state index is 9.04. The zero-order valence-corrected chi connectivity index (χ0v) is 13.6. The van der Waals surface area contributed by atoms with Crippen molar-refractivity contribution in [2.75, 3.05) is 49.3 Å². The van der Waals surface area contributed by atoms with Crippen molar-refractivity contribution >= 4 is 17.8 Å². The number of hydrogen-bond acceptors (Lipinski definition) is 7. The van der Waals surface area contributed by atoms with Crippen LogP contribution in [-0.4, -0.2) is 53.9 Å². The summed E-state index contributed by atoms with van der Waals surface area (Å²) in [5.74, 6) is 2.21. The van der Waals surface area contributed by atoms with Gasteiger partial charge in [-0.3, -0.25) is 0 Å². The number of nitrogens with one attached hydrogen (secondary N) is 2. The first-order valence-corrected chi connectivity index (χ1v) is 7.62. The van der Waals surface area contributed by atoms with Gasteiger partial charge in [-0.25, -0.2) is 0 Å². The van der Waals surface area contributed by atoms with Gasteiger partial charge in [0.05, 0.1) is 0 Å². The molecule has 1 aromatic heterocycles. The van der Waals surface area contributed by atoms with E-state index >= 15 is 0 Å². The topological polar surface area (TPSA) is 86.2 Å². The molecule has 0 amide bonds. The first-order valence-electron chi connectivity index (χ1n) is 7.62. The SMILES string of the molecule is CCCNc1nc(NCC(CC)CCO)nc(N(C)C)n1. The van der Waals surface area contributed by atoms with Crippen LogP contribution < -0.4 is 15.5 Å². The predicted octanol–water partition coefficient (Wildman–Crippen LogP) is 1.58. The first-order chi connectivity index (χ1) is 10.1. The van der Waals surface area contributed by atoms with Gasteiger partial charge < -0.3 is 20.6 Å². The molecule has 0 fully saturated rings. The van der Waals surface area contributed by atoms with Crippen molar-refractivity contribution in [3.05, 3.63) is 0 Å². The molecule has 0 bridgehead atoms. The van der Waals surface area contributed by atoms with Crippen LogP contribution in [0, 0.1) is 5.92 Å². The Balaban J connectivity index is 2.76. The first kappa shape index (κ1) is 17.4. The van der Waals surface area contributed by atoms with Crippen LogP contribution in [-0.2, 0) is 0 Å². The summed E-state index contributed by atoms with van der Waals surface area (Å²) in [4.78, 5) is 15.0. The molecule has 0 aliphatic carbocycles. The van der Waals surface area contributed by atoms with E-state index in [0.717, 1.165) is 32.4 Å². The highest BCUT2D eigenvalue weighted by Gasteiger charge is 2.10. The van der Waals surface area contributed by atoms with Crippen LogP contribution >= 0.6 is 0 Å². The fourth-order valence-corrected chi connectivity index (χ4v) is 1.83. The van der Waals surface area contributed by atoms with Crippen molar-refractivity contribution in [3.63, 3.8) is 0 Å². The van der Waals surface area contributed by atoms with Crippen molar-refractivity contribution in [1.82, 2.24) is 15.0 Å². The zero-order valence-electron chi connectivity index (χ0n) is 13.6. The van der Waals surface area contributed by atoms with E-state index in [1.54, 1.807) is 0 Å². The van der Waals surface area contributed by atoms with Gasteiger partial charge >= 0.3 is 0 Å². The average molecular weight is 296 g/mol. The minimum Gasteiger partial charge on any atom is -0.396 e. The zero-order chi connectivity index (χ0) is 15.7. The summed E-state index contributed by atoms with van der Waals surface area (Å²) in [5.41, 5.74) is 0. The number of rotatable bonds is 10. The van der Waals surface area contributed by atoms with E-state index in [-0.39, 0.29) is 6.61 Å². The fraction of sp³-hybridized carbons (Fsp3) is 0.786. The van der Waals surface area contributed by atoms with Crippen molar-refractivity contribution in [2.45, 2.75) is 33.1 Å². The molecular formula is C14H28N6O. The average Bonchev–Trinajstić information content (AvgIpc) is 2.49. The number of aliphatic hydroxyl groups is 1. The lowest BCUT2D eigenvalue weighted by Gasteiger charge is -2.17. The van der Waals surface area contributed by atoms with Gasteiger partial charge in [0.2, 0.25) is 17.8 Å². The normalized spacial score (nSPS) is 12.0. The van der Waals surface area contributed by atoms with Crippen LogP contribution in [0.25, 0.3) is 0 Å². The Morgan fingerprint density at radius 3 is 2.29 bits per heavy atom. The summed E-state index contributed by atoms with van der Waals surface area (Å²) in [7, 11) is 3.81. The van der Waals surface area contributed by atoms with Gasteiger partial charge in [-0.2, -0.15) is 15.0 Å². The number of aromatic nitrogens is 3. The molecule has 0 aromatic carbocycles. The maximum absolute atomic E-state index is 9.04. The van der Waals surface area contributed by atoms with Crippen LogP contribution in [0.5, 0.6) is 0 Å². The second-order valence-corrected chi connectivity index (χ2v) is 5.27. The quantitative estimate of drug-likeness (QED) is 0.604. The number of anilines is 3. The summed E-state index contributed by atoms with van der Waals surface area (Å²) in [6, 6.07) is 0. The summed E-state index contributed by atoms with van der Waals surface area (Å²) in [6.45, 7) is 6.01. The molecule has 0 radical (unpaired) electrons. The molecule has 7 heteroatoms. The molecule has 0 saturated heterocycles. The van der Waals surface area contributed by atoms with Crippen molar-refractivity contribution in [1.29, 1.82) is 0 Å². The lowest BCUT2D eigenvalue weighted by molar-refractivity contribution is 0.258. The fourth-order valence-electron chi connectivity index (χ4n) is 1.83. The Kier molecular flexibility index (Phi) is 7.74. The highest BCUT2D eigenvalue weighted by Crippen LogP contribution is 2.13. The third-order valence-corrected chi connectivity index (χ3v) is 3.22. The Hall–Kier alpha value is -1.63. The second kappa shape index (κ2) is 9.33. The Bertz CT molecular complexity index is 412. The maximum Gasteiger partial charge on any atom is 0.231 e. The lowest BCUT2D eigenvalue weighted by atomic mass is 10.0. The van der Waals surface area contributed by atoms with Gasteiger partial charge in [-0.15, -0.1) is 0 Å². The molecule has 1 heterocycles. The molecule has 3 N–H and O–H groups in total. The Morgan fingerprint density at radius 2 is 1.76 bits per heavy atom. The van der Waals surface area contributed by atoms with E-state index in [4.69, 9.17) is 5.11 Å². The molecule has 21 heavy (non-hydrogen) atoms. The van der Waals surface area contributed by atoms with Gasteiger partial charge in [0.1, 0.15) is 0 Å². The van der Waals surface area contributed by atoms with Crippen LogP contribution in [0.15, 0.2) is 0 Å². The second-order valence-electron chi connectivity index (χ2n) is 5.27. The van der Waals surface area contributed by atoms with E-state index in [2.05, 4.69) is 39.4 Å². The minimum atomic E-state index is 0.212. The van der Waals surface area contributed by atoms with E-state index < -0.39 is 0 Å². The van der Waals surface area contributed by atoms with E-state index in [0.29, 0.717) is 23.8 Å². The standard InChI is InChI=1S/C14H28N6O/c1-5-8-15-12-17-13(19-14(18-12)20(3)4)16-10-11(6-2)7-9-21/h11,21H,5-10H2,1-4H3,(H2,15,16,17,18,19). The minimum absolute atomic E-state index is 0.212. The van der Waals surface area contributed by atoms with Crippen LogP contribution in [0.1, 0.15) is 33.1 Å². The van der Waals surface area contributed by atoms with Gasteiger partial charge in [-0.1, -0.05) is 20.3 Å². The molecule has 0 aliphatic rings. The highest BCUT2D eigenvalue weighted by atomic mass is 16.3. The van der Waals surface area contributed by atoms with Gasteiger partial charge in [-0.05, 0) is 18.8 Å². The smallest absolute Gasteiger partial charge is 0.231 e. The largest absolute Gasteiger partial charge is 0.396 e. The van der Waals surface area contributed by atoms with Crippen molar-refractivity contribution in [3.8, 4) is 0 Å². The lowest BCUT2D eigenvalue weighted by Crippen LogP contribution is -2.20. The van der Waals surface area contributed by atoms with Crippen molar-refractivity contribution < 1.29 is 5.11 Å². The van der Waals surface area contributed by atoms with Crippen molar-refractivity contribution in [2.24, 2.45) is 5.92 Å². The van der Waals surface area contributed by atoms with Crippen LogP contribution in [0.2, 0.25) is 0 Å². The highest BCUT2D eigenvalue weighted by molar-refractivity contribution is 5.42. The third-order valence-electron chi connectivity index (χ3n) is 3.22. The third kappa shape index (κ3) is 6.12. The molecule has 1 atom stereocenters. The summed E-state index contributed by atoms with van der Waals surface area (Å²) in [6.07, 6.45) is 2.82. The monoisotopic (exact) mass is 296 g/mol.